The van der Waals surface area contributed by atoms with Gasteiger partial charge in [0.1, 0.15) is 5.69 Å². The molecular weight excluding hydrogens is 514 g/mol. The maximum atomic E-state index is 13.4. The van der Waals surface area contributed by atoms with E-state index in [2.05, 4.69) is 33.1 Å². The SMILES string of the molecule is CCC(=O)c1c(C(C)C)nnc(C(C)CCC(C)C(=O)c2nnn(C(C)C)c2C(=O)C(C)S)c1C(=O)C(C)C. The van der Waals surface area contributed by atoms with Gasteiger partial charge < -0.3 is 0 Å². The van der Waals surface area contributed by atoms with Gasteiger partial charge in [0.2, 0.25) is 0 Å². The normalized spacial score (nSPS) is 14.1. The Labute approximate surface area is 237 Å². The number of ketones is 4. The van der Waals surface area contributed by atoms with Crippen molar-refractivity contribution in [2.24, 2.45) is 11.8 Å². The van der Waals surface area contributed by atoms with Crippen molar-refractivity contribution < 1.29 is 19.2 Å². The lowest BCUT2D eigenvalue weighted by atomic mass is 9.84. The van der Waals surface area contributed by atoms with Crippen molar-refractivity contribution in [3.05, 3.63) is 33.9 Å². The van der Waals surface area contributed by atoms with Gasteiger partial charge in [-0.05, 0) is 39.5 Å². The maximum Gasteiger partial charge on any atom is 0.195 e. The van der Waals surface area contributed by atoms with Crippen molar-refractivity contribution in [1.29, 1.82) is 0 Å². The van der Waals surface area contributed by atoms with Crippen LogP contribution in [0.25, 0.3) is 0 Å². The Kier molecular flexibility index (Phi) is 11.3. The van der Waals surface area contributed by atoms with E-state index in [0.29, 0.717) is 35.4 Å². The number of hydrogen-bond donors (Lipinski definition) is 1. The Bertz CT molecular complexity index is 1230. The predicted molar refractivity (Wildman–Crippen MR) is 154 cm³/mol. The average Bonchev–Trinajstić information content (AvgIpc) is 3.33. The molecule has 10 heteroatoms. The van der Waals surface area contributed by atoms with Crippen LogP contribution in [0.3, 0.4) is 0 Å². The number of aromatic nitrogens is 5. The first-order valence-electron chi connectivity index (χ1n) is 13.8. The second-order valence-electron chi connectivity index (χ2n) is 11.3. The number of rotatable bonds is 14. The molecule has 0 aliphatic heterocycles. The number of carbonyl (C=O) groups is 4. The van der Waals surface area contributed by atoms with Gasteiger partial charge in [-0.25, -0.2) is 4.68 Å². The Hall–Kier alpha value is -2.75. The molecule has 39 heavy (non-hydrogen) atoms. The summed E-state index contributed by atoms with van der Waals surface area (Å²) in [5.74, 6) is -1.92. The smallest absolute Gasteiger partial charge is 0.195 e. The molecule has 2 aromatic rings. The van der Waals surface area contributed by atoms with Gasteiger partial charge in [0.05, 0.1) is 27.8 Å². The molecule has 0 amide bonds. The highest BCUT2D eigenvalue weighted by Crippen LogP contribution is 2.32. The van der Waals surface area contributed by atoms with Gasteiger partial charge >= 0.3 is 0 Å². The summed E-state index contributed by atoms with van der Waals surface area (Å²) in [7, 11) is 0. The van der Waals surface area contributed by atoms with Crippen LogP contribution < -0.4 is 0 Å². The molecule has 2 aromatic heterocycles. The van der Waals surface area contributed by atoms with Crippen LogP contribution in [0.1, 0.15) is 159 Å². The monoisotopic (exact) mass is 557 g/mol. The highest BCUT2D eigenvalue weighted by atomic mass is 32.1. The maximum absolute atomic E-state index is 13.4. The van der Waals surface area contributed by atoms with Gasteiger partial charge in [-0.3, -0.25) is 19.2 Å². The molecule has 0 aromatic carbocycles. The Morgan fingerprint density at radius 1 is 0.769 bits per heavy atom. The van der Waals surface area contributed by atoms with E-state index in [1.165, 1.54) is 4.68 Å². The van der Waals surface area contributed by atoms with Crippen LogP contribution in [0.4, 0.5) is 0 Å². The summed E-state index contributed by atoms with van der Waals surface area (Å²) in [5, 5.41) is 16.4. The van der Waals surface area contributed by atoms with E-state index in [9.17, 15) is 19.2 Å². The minimum atomic E-state index is -0.604. The number of hydrogen-bond acceptors (Lipinski definition) is 9. The van der Waals surface area contributed by atoms with Crippen LogP contribution in [0.5, 0.6) is 0 Å². The first-order chi connectivity index (χ1) is 18.1. The lowest BCUT2D eigenvalue weighted by Crippen LogP contribution is -2.24. The topological polar surface area (TPSA) is 125 Å². The summed E-state index contributed by atoms with van der Waals surface area (Å²) in [6.07, 6.45) is 1.23. The summed E-state index contributed by atoms with van der Waals surface area (Å²) < 4.78 is 1.47. The fourth-order valence-corrected chi connectivity index (χ4v) is 4.58. The van der Waals surface area contributed by atoms with Crippen molar-refractivity contribution in [3.63, 3.8) is 0 Å². The zero-order chi connectivity index (χ0) is 29.8. The molecule has 2 rings (SSSR count). The zero-order valence-electron chi connectivity index (χ0n) is 24.9. The molecule has 0 saturated heterocycles. The molecule has 2 heterocycles. The molecule has 0 spiro atoms. The third kappa shape index (κ3) is 7.07. The fourth-order valence-electron chi connectivity index (χ4n) is 4.46. The largest absolute Gasteiger partial charge is 0.294 e. The van der Waals surface area contributed by atoms with Crippen LogP contribution >= 0.6 is 12.6 Å². The van der Waals surface area contributed by atoms with Crippen molar-refractivity contribution in [1.82, 2.24) is 25.2 Å². The molecule has 214 valence electrons. The molecule has 0 fully saturated rings. The first kappa shape index (κ1) is 32.5. The summed E-state index contributed by atoms with van der Waals surface area (Å²) in [6.45, 7) is 18.4. The fraction of sp³-hybridized carbons (Fsp3) is 0.655. The zero-order valence-corrected chi connectivity index (χ0v) is 25.8. The van der Waals surface area contributed by atoms with Crippen molar-refractivity contribution in [2.45, 2.75) is 112 Å². The van der Waals surface area contributed by atoms with Crippen LogP contribution in [0.2, 0.25) is 0 Å². The summed E-state index contributed by atoms with van der Waals surface area (Å²) in [4.78, 5) is 52.7. The minimum absolute atomic E-state index is 0.0577. The molecule has 0 saturated carbocycles. The summed E-state index contributed by atoms with van der Waals surface area (Å²) in [5.41, 5.74) is 2.00. The third-order valence-corrected chi connectivity index (χ3v) is 7.16. The van der Waals surface area contributed by atoms with E-state index >= 15 is 0 Å². The predicted octanol–water partition coefficient (Wildman–Crippen LogP) is 6.11. The van der Waals surface area contributed by atoms with Gasteiger partial charge in [0.25, 0.3) is 0 Å². The Morgan fingerprint density at radius 2 is 1.36 bits per heavy atom. The number of nitrogens with zero attached hydrogens (tertiary/aromatic N) is 5. The van der Waals surface area contributed by atoms with Crippen LogP contribution in [0.15, 0.2) is 0 Å². The molecule has 0 bridgehead atoms. The molecule has 0 aliphatic carbocycles. The van der Waals surface area contributed by atoms with E-state index in [0.717, 1.165) is 0 Å². The third-order valence-electron chi connectivity index (χ3n) is 6.92. The van der Waals surface area contributed by atoms with Crippen LogP contribution in [-0.4, -0.2) is 53.6 Å². The molecule has 0 N–H and O–H groups in total. The van der Waals surface area contributed by atoms with Crippen molar-refractivity contribution in [2.75, 3.05) is 0 Å². The van der Waals surface area contributed by atoms with Gasteiger partial charge in [0.15, 0.2) is 28.8 Å². The van der Waals surface area contributed by atoms with Gasteiger partial charge in [-0.15, -0.1) is 5.10 Å². The number of Topliss-reactive ketones (excluding diaryl/α,β-unsaturated/α-hetero) is 4. The molecular formula is C29H43N5O4S. The second kappa shape index (κ2) is 13.5. The van der Waals surface area contributed by atoms with Crippen molar-refractivity contribution >= 4 is 35.8 Å². The summed E-state index contributed by atoms with van der Waals surface area (Å²) in [6, 6.07) is -0.148. The van der Waals surface area contributed by atoms with E-state index in [4.69, 9.17) is 0 Å². The molecule has 9 nitrogen and oxygen atoms in total. The lowest BCUT2D eigenvalue weighted by molar-refractivity contribution is 0.0900. The summed E-state index contributed by atoms with van der Waals surface area (Å²) >= 11 is 4.27. The van der Waals surface area contributed by atoms with E-state index in [1.54, 1.807) is 20.8 Å². The standard InChI is InChI=1S/C29H43N5O4S/c1-11-20(35)21-22(27(36)15(4)5)24(31-30-23(21)14(2)3)17(8)12-13-18(9)28(37)25-26(29(38)19(10)39)34(16(6)7)33-32-25/h14-19,39H,11-13H2,1-10H3. The lowest BCUT2D eigenvalue weighted by Gasteiger charge is -2.22. The highest BCUT2D eigenvalue weighted by Gasteiger charge is 2.33. The van der Waals surface area contributed by atoms with Crippen LogP contribution in [0, 0.1) is 11.8 Å². The Morgan fingerprint density at radius 3 is 1.85 bits per heavy atom. The quantitative estimate of drug-likeness (QED) is 0.218. The van der Waals surface area contributed by atoms with Gasteiger partial charge in [-0.2, -0.15) is 22.8 Å². The molecule has 3 unspecified atom stereocenters. The average molecular weight is 558 g/mol. The Balaban J connectivity index is 2.43. The molecule has 0 aliphatic rings. The molecule has 3 atom stereocenters. The number of thiol groups is 1. The molecule has 0 radical (unpaired) electrons. The minimum Gasteiger partial charge on any atom is -0.294 e. The van der Waals surface area contributed by atoms with E-state index < -0.39 is 11.2 Å². The van der Waals surface area contributed by atoms with E-state index in [-0.39, 0.29) is 64.7 Å². The van der Waals surface area contributed by atoms with Gasteiger partial charge in [-0.1, -0.05) is 53.7 Å². The highest BCUT2D eigenvalue weighted by molar-refractivity contribution is 7.81. The number of carbonyl (C=O) groups excluding carboxylic acids is 4. The van der Waals surface area contributed by atoms with Crippen molar-refractivity contribution in [3.8, 4) is 0 Å². The van der Waals surface area contributed by atoms with Crippen LogP contribution in [-0.2, 0) is 0 Å². The second-order valence-corrected chi connectivity index (χ2v) is 12.1. The first-order valence-corrected chi connectivity index (χ1v) is 14.4. The van der Waals surface area contributed by atoms with E-state index in [1.807, 2.05) is 48.5 Å². The van der Waals surface area contributed by atoms with Gasteiger partial charge in [0, 0.05) is 30.2 Å².